The number of halogens is 2. The van der Waals surface area contributed by atoms with E-state index in [1.165, 1.54) is 34.6 Å². The summed E-state index contributed by atoms with van der Waals surface area (Å²) >= 11 is 6.08. The number of esters is 1. The van der Waals surface area contributed by atoms with Gasteiger partial charge < -0.3 is 4.74 Å². The molecule has 26 heavy (non-hydrogen) atoms. The maximum absolute atomic E-state index is 12.9. The minimum Gasteiger partial charge on any atom is -0.423 e. The third kappa shape index (κ3) is 4.06. The van der Waals surface area contributed by atoms with Crippen molar-refractivity contribution in [3.8, 4) is 5.75 Å². The highest BCUT2D eigenvalue weighted by molar-refractivity contribution is 7.89. The van der Waals surface area contributed by atoms with E-state index in [2.05, 4.69) is 0 Å². The second-order valence-corrected chi connectivity index (χ2v) is 8.27. The molecule has 0 unspecified atom stereocenters. The van der Waals surface area contributed by atoms with E-state index in [-0.39, 0.29) is 21.2 Å². The fourth-order valence-corrected chi connectivity index (χ4v) is 4.76. The third-order valence-electron chi connectivity index (χ3n) is 4.12. The smallest absolute Gasteiger partial charge is 0.343 e. The summed E-state index contributed by atoms with van der Waals surface area (Å²) < 4.78 is 45.1. The first-order chi connectivity index (χ1) is 12.4. The highest BCUT2D eigenvalue weighted by atomic mass is 35.5. The molecule has 0 saturated carbocycles. The Hall–Kier alpha value is -1.96. The molecule has 1 aliphatic heterocycles. The summed E-state index contributed by atoms with van der Waals surface area (Å²) in [6.45, 7) is 0.867. The van der Waals surface area contributed by atoms with Crippen LogP contribution in [0.2, 0.25) is 5.02 Å². The quantitative estimate of drug-likeness (QED) is 0.580. The van der Waals surface area contributed by atoms with Crippen LogP contribution in [-0.2, 0) is 10.0 Å². The van der Waals surface area contributed by atoms with Crippen molar-refractivity contribution in [2.45, 2.75) is 24.2 Å². The van der Waals surface area contributed by atoms with E-state index in [4.69, 9.17) is 16.3 Å². The predicted octanol–water partition coefficient (Wildman–Crippen LogP) is 3.87. The highest BCUT2D eigenvalue weighted by Crippen LogP contribution is 2.28. The fourth-order valence-electron chi connectivity index (χ4n) is 2.74. The average Bonchev–Trinajstić information content (AvgIpc) is 2.64. The molecule has 0 bridgehead atoms. The van der Waals surface area contributed by atoms with Gasteiger partial charge >= 0.3 is 5.97 Å². The molecule has 0 aromatic heterocycles. The summed E-state index contributed by atoms with van der Waals surface area (Å²) in [6.07, 6.45) is 2.58. The van der Waals surface area contributed by atoms with Crippen molar-refractivity contribution in [1.29, 1.82) is 0 Å². The zero-order chi connectivity index (χ0) is 18.7. The lowest BCUT2D eigenvalue weighted by molar-refractivity contribution is 0.0734. The van der Waals surface area contributed by atoms with Gasteiger partial charge in [-0.25, -0.2) is 17.6 Å². The second-order valence-electron chi connectivity index (χ2n) is 5.95. The molecule has 1 saturated heterocycles. The van der Waals surface area contributed by atoms with Crippen LogP contribution in [0, 0.1) is 5.82 Å². The number of hydrogen-bond acceptors (Lipinski definition) is 4. The fraction of sp³-hybridized carbons (Fsp3) is 0.278. The van der Waals surface area contributed by atoms with Crippen molar-refractivity contribution in [1.82, 2.24) is 4.31 Å². The summed E-state index contributed by atoms with van der Waals surface area (Å²) in [5, 5.41) is 0.0499. The van der Waals surface area contributed by atoms with Crippen LogP contribution >= 0.6 is 11.6 Å². The van der Waals surface area contributed by atoms with Crippen LogP contribution in [0.4, 0.5) is 4.39 Å². The van der Waals surface area contributed by atoms with Crippen LogP contribution in [0.25, 0.3) is 0 Å². The molecule has 5 nitrogen and oxygen atoms in total. The Kier molecular flexibility index (Phi) is 5.60. The minimum atomic E-state index is -3.78. The molecular formula is C18H17ClFNO4S. The number of ether oxygens (including phenoxy) is 1. The number of nitrogens with zero attached hydrogens (tertiary/aromatic N) is 1. The molecule has 138 valence electrons. The second kappa shape index (κ2) is 7.73. The molecule has 0 radical (unpaired) electrons. The number of hydrogen-bond donors (Lipinski definition) is 0. The van der Waals surface area contributed by atoms with Gasteiger partial charge in [-0.2, -0.15) is 4.31 Å². The van der Waals surface area contributed by atoms with Gasteiger partial charge in [0.1, 0.15) is 16.5 Å². The van der Waals surface area contributed by atoms with E-state index >= 15 is 0 Å². The molecule has 1 aliphatic rings. The lowest BCUT2D eigenvalue weighted by Crippen LogP contribution is -2.35. The SMILES string of the molecule is O=C(Oc1ccc(F)cc1)c1ccc(Cl)c(S(=O)(=O)N2CCCCC2)c1. The number of rotatable bonds is 4. The molecule has 0 N–H and O–H groups in total. The van der Waals surface area contributed by atoms with E-state index in [1.807, 2.05) is 0 Å². The molecule has 2 aromatic carbocycles. The Balaban J connectivity index is 1.87. The Bertz CT molecular complexity index is 909. The minimum absolute atomic E-state index is 0.0499. The van der Waals surface area contributed by atoms with Crippen molar-refractivity contribution in [2.75, 3.05) is 13.1 Å². The largest absolute Gasteiger partial charge is 0.423 e. The topological polar surface area (TPSA) is 63.7 Å². The van der Waals surface area contributed by atoms with E-state index in [0.29, 0.717) is 13.1 Å². The summed E-state index contributed by atoms with van der Waals surface area (Å²) in [5.74, 6) is -1.04. The van der Waals surface area contributed by atoms with Crippen LogP contribution in [0.3, 0.4) is 0 Å². The molecule has 0 amide bonds. The number of carbonyl (C=O) groups excluding carboxylic acids is 1. The van der Waals surface area contributed by atoms with Crippen LogP contribution in [0.15, 0.2) is 47.4 Å². The van der Waals surface area contributed by atoms with Gasteiger partial charge in [0.25, 0.3) is 0 Å². The van der Waals surface area contributed by atoms with Gasteiger partial charge in [0.15, 0.2) is 0 Å². The van der Waals surface area contributed by atoms with Crippen molar-refractivity contribution in [3.63, 3.8) is 0 Å². The van der Waals surface area contributed by atoms with E-state index < -0.39 is 21.8 Å². The molecule has 1 heterocycles. The number of sulfonamides is 1. The molecule has 0 spiro atoms. The summed E-state index contributed by atoms with van der Waals surface area (Å²) in [4.78, 5) is 12.2. The zero-order valence-corrected chi connectivity index (χ0v) is 15.4. The molecule has 0 atom stereocenters. The summed E-state index contributed by atoms with van der Waals surface area (Å²) in [7, 11) is -3.78. The molecule has 1 fully saturated rings. The van der Waals surface area contributed by atoms with Gasteiger partial charge in [0, 0.05) is 13.1 Å². The van der Waals surface area contributed by atoms with Gasteiger partial charge in [-0.1, -0.05) is 18.0 Å². The third-order valence-corrected chi connectivity index (χ3v) is 6.50. The van der Waals surface area contributed by atoms with E-state index in [1.54, 1.807) is 0 Å². The lowest BCUT2D eigenvalue weighted by atomic mass is 10.2. The number of piperidine rings is 1. The predicted molar refractivity (Wildman–Crippen MR) is 95.4 cm³/mol. The molecular weight excluding hydrogens is 381 g/mol. The van der Waals surface area contributed by atoms with Crippen LogP contribution < -0.4 is 4.74 Å². The van der Waals surface area contributed by atoms with Gasteiger partial charge in [0.2, 0.25) is 10.0 Å². The van der Waals surface area contributed by atoms with Crippen LogP contribution in [0.5, 0.6) is 5.75 Å². The van der Waals surface area contributed by atoms with Crippen molar-refractivity contribution in [3.05, 3.63) is 58.9 Å². The maximum Gasteiger partial charge on any atom is 0.343 e. The van der Waals surface area contributed by atoms with E-state index in [0.717, 1.165) is 31.4 Å². The normalized spacial score (nSPS) is 15.6. The monoisotopic (exact) mass is 397 g/mol. The zero-order valence-electron chi connectivity index (χ0n) is 13.8. The lowest BCUT2D eigenvalue weighted by Gasteiger charge is -2.26. The highest BCUT2D eigenvalue weighted by Gasteiger charge is 2.29. The maximum atomic E-state index is 12.9. The Morgan fingerprint density at radius 3 is 2.35 bits per heavy atom. The number of benzene rings is 2. The van der Waals surface area contributed by atoms with Gasteiger partial charge in [-0.15, -0.1) is 0 Å². The number of carbonyl (C=O) groups is 1. The Labute approximate surface area is 156 Å². The van der Waals surface area contributed by atoms with Gasteiger partial charge in [0.05, 0.1) is 10.6 Å². The van der Waals surface area contributed by atoms with Crippen molar-refractivity contribution >= 4 is 27.6 Å². The Morgan fingerprint density at radius 1 is 1.04 bits per heavy atom. The molecule has 0 aliphatic carbocycles. The van der Waals surface area contributed by atoms with Gasteiger partial charge in [-0.05, 0) is 55.3 Å². The average molecular weight is 398 g/mol. The first-order valence-electron chi connectivity index (χ1n) is 8.15. The van der Waals surface area contributed by atoms with E-state index in [9.17, 15) is 17.6 Å². The molecule has 2 aromatic rings. The first kappa shape index (κ1) is 18.8. The molecule has 8 heteroatoms. The molecule has 3 rings (SSSR count). The van der Waals surface area contributed by atoms with Crippen molar-refractivity contribution < 1.29 is 22.3 Å². The Morgan fingerprint density at radius 2 is 1.69 bits per heavy atom. The van der Waals surface area contributed by atoms with Crippen LogP contribution in [0.1, 0.15) is 29.6 Å². The van der Waals surface area contributed by atoms with Crippen molar-refractivity contribution in [2.24, 2.45) is 0 Å². The first-order valence-corrected chi connectivity index (χ1v) is 9.97. The van der Waals surface area contributed by atoms with Crippen LogP contribution in [-0.4, -0.2) is 31.8 Å². The standard InChI is InChI=1S/C18H17ClFNO4S/c19-16-9-4-13(18(22)25-15-7-5-14(20)6-8-15)12-17(16)26(23,24)21-10-2-1-3-11-21/h4-9,12H,1-3,10-11H2. The summed E-state index contributed by atoms with van der Waals surface area (Å²) in [5.41, 5.74) is 0.0503. The summed E-state index contributed by atoms with van der Waals surface area (Å²) in [6, 6.07) is 8.93. The van der Waals surface area contributed by atoms with Gasteiger partial charge in [-0.3, -0.25) is 0 Å².